The monoisotopic (exact) mass is 385 g/mol. The average Bonchev–Trinajstić information content (AvgIpc) is 3.24. The van der Waals surface area contributed by atoms with E-state index in [9.17, 15) is 4.79 Å². The molecule has 0 unspecified atom stereocenters. The number of fused-ring (bicyclic) bond motifs is 1. The number of nitrogens with zero attached hydrogens (tertiary/aromatic N) is 3. The molecule has 1 aromatic carbocycles. The van der Waals surface area contributed by atoms with Crippen LogP contribution in [0.3, 0.4) is 0 Å². The van der Waals surface area contributed by atoms with Crippen LogP contribution in [0.4, 0.5) is 11.6 Å². The third kappa shape index (κ3) is 3.00. The molecule has 0 saturated heterocycles. The molecule has 2 N–H and O–H groups in total. The van der Waals surface area contributed by atoms with E-state index in [0.717, 1.165) is 10.6 Å². The van der Waals surface area contributed by atoms with Crippen molar-refractivity contribution >= 4 is 40.5 Å². The first-order chi connectivity index (χ1) is 12.5. The van der Waals surface area contributed by atoms with Crippen LogP contribution in [0.15, 0.2) is 54.0 Å². The Morgan fingerprint density at radius 2 is 2.00 bits per heavy atom. The number of carbonyl (C=O) groups excluding carboxylic acids is 1. The third-order valence-electron chi connectivity index (χ3n) is 4.17. The number of allylic oxidation sites excluding steroid dienone is 1. The van der Waals surface area contributed by atoms with Gasteiger partial charge in [0.05, 0.1) is 5.57 Å². The summed E-state index contributed by atoms with van der Waals surface area (Å²) in [6.07, 6.45) is 1.49. The fraction of sp³-hybridized carbons (Fsp3) is 0.167. The van der Waals surface area contributed by atoms with E-state index in [-0.39, 0.29) is 11.9 Å². The van der Waals surface area contributed by atoms with Gasteiger partial charge in [0.25, 0.3) is 5.91 Å². The van der Waals surface area contributed by atoms with E-state index in [2.05, 4.69) is 20.7 Å². The first-order valence-electron chi connectivity index (χ1n) is 8.03. The van der Waals surface area contributed by atoms with Gasteiger partial charge in [0.2, 0.25) is 5.95 Å². The van der Waals surface area contributed by atoms with E-state index in [1.54, 1.807) is 40.3 Å². The Kier molecular flexibility index (Phi) is 4.26. The summed E-state index contributed by atoms with van der Waals surface area (Å²) in [4.78, 5) is 19.5. The Labute approximate surface area is 159 Å². The van der Waals surface area contributed by atoms with Crippen molar-refractivity contribution in [1.29, 1.82) is 0 Å². The number of hydrogen-bond acceptors (Lipinski definition) is 5. The lowest BCUT2D eigenvalue weighted by molar-refractivity contribution is -0.113. The van der Waals surface area contributed by atoms with E-state index < -0.39 is 0 Å². The number of benzene rings is 1. The van der Waals surface area contributed by atoms with Crippen LogP contribution in [0.1, 0.15) is 22.7 Å². The molecule has 0 spiro atoms. The highest BCUT2D eigenvalue weighted by Gasteiger charge is 2.34. The minimum atomic E-state index is -0.320. The van der Waals surface area contributed by atoms with Crippen LogP contribution in [0.2, 0.25) is 5.02 Å². The zero-order valence-electron chi connectivity index (χ0n) is 14.2. The second-order valence-electron chi connectivity index (χ2n) is 6.00. The van der Waals surface area contributed by atoms with E-state index >= 15 is 0 Å². The largest absolute Gasteiger partial charge is 0.328 e. The molecule has 132 valence electrons. The highest BCUT2D eigenvalue weighted by molar-refractivity contribution is 7.12. The predicted octanol–water partition coefficient (Wildman–Crippen LogP) is 4.23. The van der Waals surface area contributed by atoms with E-state index in [0.29, 0.717) is 22.2 Å². The molecule has 1 atom stereocenters. The lowest BCUT2D eigenvalue weighted by Crippen LogP contribution is -2.31. The van der Waals surface area contributed by atoms with Gasteiger partial charge in [0.15, 0.2) is 0 Å². The standard InChI is InChI=1S/C18H16ClN5OS/c1-10-3-8-14(26-10)16-15(11(2)22-18-20-9-21-24(16)18)17(25)23-13-6-4-12(19)5-7-13/h3-9,16H,1-2H3,(H,23,25)(H,20,21,22)/t16-/m0/s1. The molecule has 1 amide bonds. The first kappa shape index (κ1) is 16.8. The van der Waals surface area contributed by atoms with Gasteiger partial charge in [-0.25, -0.2) is 4.68 Å². The number of amides is 1. The van der Waals surface area contributed by atoms with Crippen molar-refractivity contribution < 1.29 is 4.79 Å². The summed E-state index contributed by atoms with van der Waals surface area (Å²) < 4.78 is 1.75. The van der Waals surface area contributed by atoms with Crippen molar-refractivity contribution in [1.82, 2.24) is 14.8 Å². The first-order valence-corrected chi connectivity index (χ1v) is 9.23. The molecule has 26 heavy (non-hydrogen) atoms. The summed E-state index contributed by atoms with van der Waals surface area (Å²) in [6.45, 7) is 3.92. The van der Waals surface area contributed by atoms with Gasteiger partial charge in [0, 0.05) is 26.2 Å². The Morgan fingerprint density at radius 1 is 1.23 bits per heavy atom. The maximum atomic E-state index is 13.1. The lowest BCUT2D eigenvalue weighted by atomic mass is 10.0. The van der Waals surface area contributed by atoms with Gasteiger partial charge in [0.1, 0.15) is 12.4 Å². The Balaban J connectivity index is 1.74. The van der Waals surface area contributed by atoms with Gasteiger partial charge >= 0.3 is 0 Å². The maximum Gasteiger partial charge on any atom is 0.255 e. The molecular formula is C18H16ClN5OS. The molecule has 0 radical (unpaired) electrons. The number of rotatable bonds is 3. The second-order valence-corrected chi connectivity index (χ2v) is 7.76. The number of aryl methyl sites for hydroxylation is 1. The lowest BCUT2D eigenvalue weighted by Gasteiger charge is -2.27. The molecule has 1 aliphatic heterocycles. The van der Waals surface area contributed by atoms with Crippen molar-refractivity contribution in [2.24, 2.45) is 0 Å². The molecule has 3 heterocycles. The SMILES string of the molecule is CC1=C(C(=O)Nc2ccc(Cl)cc2)[C@H](c2ccc(C)s2)n2ncnc2N1. The Bertz CT molecular complexity index is 1000. The van der Waals surface area contributed by atoms with E-state index in [1.165, 1.54) is 11.2 Å². The van der Waals surface area contributed by atoms with E-state index in [4.69, 9.17) is 11.6 Å². The highest BCUT2D eigenvalue weighted by atomic mass is 35.5. The zero-order chi connectivity index (χ0) is 18.3. The van der Waals surface area contributed by atoms with Crippen molar-refractivity contribution in [2.45, 2.75) is 19.9 Å². The van der Waals surface area contributed by atoms with Crippen LogP contribution in [0.25, 0.3) is 0 Å². The van der Waals surface area contributed by atoms with Crippen molar-refractivity contribution in [3.8, 4) is 0 Å². The number of anilines is 2. The topological polar surface area (TPSA) is 71.8 Å². The second kappa shape index (κ2) is 6.59. The number of carbonyl (C=O) groups is 1. The number of aromatic nitrogens is 3. The molecule has 0 bridgehead atoms. The molecular weight excluding hydrogens is 370 g/mol. The minimum absolute atomic E-state index is 0.186. The van der Waals surface area contributed by atoms with Crippen LogP contribution in [-0.4, -0.2) is 20.7 Å². The summed E-state index contributed by atoms with van der Waals surface area (Å²) >= 11 is 7.56. The molecule has 6 nitrogen and oxygen atoms in total. The van der Waals surface area contributed by atoms with Crippen molar-refractivity contribution in [2.75, 3.05) is 10.6 Å². The molecule has 0 saturated carbocycles. The summed E-state index contributed by atoms with van der Waals surface area (Å²) in [7, 11) is 0. The number of halogens is 1. The number of hydrogen-bond donors (Lipinski definition) is 2. The van der Waals surface area contributed by atoms with Crippen molar-refractivity contribution in [3.05, 3.63) is 68.8 Å². The smallest absolute Gasteiger partial charge is 0.255 e. The molecule has 0 aliphatic carbocycles. The van der Waals surface area contributed by atoms with Gasteiger partial charge in [-0.3, -0.25) is 4.79 Å². The highest BCUT2D eigenvalue weighted by Crippen LogP contribution is 2.38. The number of thiophene rings is 1. The quantitative estimate of drug-likeness (QED) is 0.707. The van der Waals surface area contributed by atoms with Crippen LogP contribution < -0.4 is 10.6 Å². The van der Waals surface area contributed by atoms with E-state index in [1.807, 2.05) is 26.0 Å². The van der Waals surface area contributed by atoms with Crippen LogP contribution in [0.5, 0.6) is 0 Å². The van der Waals surface area contributed by atoms with Crippen LogP contribution >= 0.6 is 22.9 Å². The van der Waals surface area contributed by atoms with Crippen molar-refractivity contribution in [3.63, 3.8) is 0 Å². The van der Waals surface area contributed by atoms with Gasteiger partial charge in [-0.2, -0.15) is 10.1 Å². The summed E-state index contributed by atoms with van der Waals surface area (Å²) in [5, 5.41) is 11.1. The third-order valence-corrected chi connectivity index (χ3v) is 5.48. The summed E-state index contributed by atoms with van der Waals surface area (Å²) in [5.74, 6) is 0.441. The fourth-order valence-electron chi connectivity index (χ4n) is 2.98. The number of nitrogens with one attached hydrogen (secondary N) is 2. The Hall–Kier alpha value is -2.64. The zero-order valence-corrected chi connectivity index (χ0v) is 15.7. The summed E-state index contributed by atoms with van der Waals surface area (Å²) in [5.41, 5.74) is 2.05. The maximum absolute atomic E-state index is 13.1. The van der Waals surface area contributed by atoms with Gasteiger partial charge in [-0.05, 0) is 50.2 Å². The molecule has 8 heteroatoms. The molecule has 3 aromatic rings. The molecule has 1 aliphatic rings. The predicted molar refractivity (Wildman–Crippen MR) is 104 cm³/mol. The van der Waals surface area contributed by atoms with Gasteiger partial charge in [-0.15, -0.1) is 11.3 Å². The molecule has 2 aromatic heterocycles. The summed E-state index contributed by atoms with van der Waals surface area (Å²) in [6, 6.07) is 10.8. The fourth-order valence-corrected chi connectivity index (χ4v) is 4.08. The van der Waals surface area contributed by atoms with Gasteiger partial charge in [-0.1, -0.05) is 11.6 Å². The van der Waals surface area contributed by atoms with Crippen LogP contribution in [0, 0.1) is 6.92 Å². The Morgan fingerprint density at radius 3 is 2.69 bits per heavy atom. The molecule has 4 rings (SSSR count). The minimum Gasteiger partial charge on any atom is -0.328 e. The van der Waals surface area contributed by atoms with Crippen LogP contribution in [-0.2, 0) is 4.79 Å². The normalized spacial score (nSPS) is 16.2. The average molecular weight is 386 g/mol. The van der Waals surface area contributed by atoms with Gasteiger partial charge < -0.3 is 10.6 Å². The molecule has 0 fully saturated rings.